The van der Waals surface area contributed by atoms with Gasteiger partial charge in [-0.2, -0.15) is 0 Å². The summed E-state index contributed by atoms with van der Waals surface area (Å²) in [6.07, 6.45) is 17.6. The van der Waals surface area contributed by atoms with Crippen LogP contribution in [0, 0.1) is 17.8 Å². The molecule has 0 amide bonds. The topological polar surface area (TPSA) is 26.3 Å². The molecule has 0 heterocycles. The Bertz CT molecular complexity index is 323. The Balaban J connectivity index is 1.61. The van der Waals surface area contributed by atoms with Gasteiger partial charge in [0.2, 0.25) is 0 Å². The number of rotatable bonds is 8. The fraction of sp³-hybridized carbons (Fsp3) is 0.952. The minimum atomic E-state index is 0.0435. The molecule has 2 aliphatic carbocycles. The van der Waals surface area contributed by atoms with E-state index in [2.05, 4.69) is 13.8 Å². The highest BCUT2D eigenvalue weighted by molar-refractivity contribution is 5.69. The van der Waals surface area contributed by atoms with Crippen LogP contribution in [0.25, 0.3) is 0 Å². The lowest BCUT2D eigenvalue weighted by molar-refractivity contribution is -0.151. The van der Waals surface area contributed by atoms with Crippen molar-refractivity contribution >= 4 is 5.97 Å². The van der Waals surface area contributed by atoms with Crippen molar-refractivity contribution < 1.29 is 9.53 Å². The van der Waals surface area contributed by atoms with Gasteiger partial charge in [0.15, 0.2) is 0 Å². The van der Waals surface area contributed by atoms with Crippen LogP contribution >= 0.6 is 0 Å². The van der Waals surface area contributed by atoms with Crippen molar-refractivity contribution in [1.29, 1.82) is 0 Å². The maximum atomic E-state index is 11.8. The van der Waals surface area contributed by atoms with Gasteiger partial charge in [-0.3, -0.25) is 4.79 Å². The zero-order chi connectivity index (χ0) is 16.5. The van der Waals surface area contributed by atoms with E-state index in [1.165, 1.54) is 57.8 Å². The third-order valence-electron chi connectivity index (χ3n) is 6.26. The van der Waals surface area contributed by atoms with Gasteiger partial charge < -0.3 is 4.74 Å². The van der Waals surface area contributed by atoms with Crippen molar-refractivity contribution in [1.82, 2.24) is 0 Å². The van der Waals surface area contributed by atoms with E-state index in [4.69, 9.17) is 4.74 Å². The van der Waals surface area contributed by atoms with E-state index in [9.17, 15) is 4.79 Å². The minimum Gasteiger partial charge on any atom is -0.462 e. The Morgan fingerprint density at radius 3 is 2.00 bits per heavy atom. The van der Waals surface area contributed by atoms with Crippen molar-refractivity contribution in [3.05, 3.63) is 0 Å². The molecular formula is C21H38O2. The van der Waals surface area contributed by atoms with E-state index < -0.39 is 0 Å². The summed E-state index contributed by atoms with van der Waals surface area (Å²) in [5.41, 5.74) is 0. The lowest BCUT2D eigenvalue weighted by Crippen LogP contribution is -2.29. The molecule has 0 aromatic rings. The SMILES string of the molecule is CCCCCC(=O)O[C@H]1CC[C@H]([C@H]2CC[C@H](CCC)CC2)CC1. The Morgan fingerprint density at radius 1 is 0.826 bits per heavy atom. The Kier molecular flexibility index (Phi) is 8.47. The summed E-state index contributed by atoms with van der Waals surface area (Å²) in [5, 5.41) is 0. The number of carbonyl (C=O) groups is 1. The van der Waals surface area contributed by atoms with Crippen LogP contribution in [0.5, 0.6) is 0 Å². The van der Waals surface area contributed by atoms with Crippen LogP contribution in [-0.4, -0.2) is 12.1 Å². The molecule has 134 valence electrons. The van der Waals surface area contributed by atoms with Crippen LogP contribution < -0.4 is 0 Å². The molecule has 2 aliphatic rings. The average Bonchev–Trinajstić information content (AvgIpc) is 2.57. The first-order valence-electron chi connectivity index (χ1n) is 10.4. The van der Waals surface area contributed by atoms with Crippen molar-refractivity contribution in [3.8, 4) is 0 Å². The fourth-order valence-corrected chi connectivity index (χ4v) is 4.80. The van der Waals surface area contributed by atoms with Gasteiger partial charge in [-0.15, -0.1) is 0 Å². The molecule has 2 saturated carbocycles. The summed E-state index contributed by atoms with van der Waals surface area (Å²) in [4.78, 5) is 11.8. The quantitative estimate of drug-likeness (QED) is 0.388. The predicted molar refractivity (Wildman–Crippen MR) is 96.3 cm³/mol. The largest absolute Gasteiger partial charge is 0.462 e. The van der Waals surface area contributed by atoms with Gasteiger partial charge in [-0.25, -0.2) is 0 Å². The maximum Gasteiger partial charge on any atom is 0.306 e. The number of carbonyl (C=O) groups excluding carboxylic acids is 1. The highest BCUT2D eigenvalue weighted by atomic mass is 16.5. The summed E-state index contributed by atoms with van der Waals surface area (Å²) in [6, 6.07) is 0. The first-order valence-corrected chi connectivity index (χ1v) is 10.4. The second kappa shape index (κ2) is 10.4. The molecule has 0 N–H and O–H groups in total. The van der Waals surface area contributed by atoms with Crippen LogP contribution in [0.15, 0.2) is 0 Å². The molecule has 0 radical (unpaired) electrons. The van der Waals surface area contributed by atoms with E-state index in [1.54, 1.807) is 0 Å². The molecule has 0 bridgehead atoms. The van der Waals surface area contributed by atoms with Crippen LogP contribution in [0.3, 0.4) is 0 Å². The van der Waals surface area contributed by atoms with Gasteiger partial charge in [0, 0.05) is 6.42 Å². The highest BCUT2D eigenvalue weighted by Gasteiger charge is 2.31. The first-order chi connectivity index (χ1) is 11.2. The molecule has 0 spiro atoms. The third kappa shape index (κ3) is 6.47. The van der Waals surface area contributed by atoms with Crippen LogP contribution in [-0.2, 0) is 9.53 Å². The smallest absolute Gasteiger partial charge is 0.306 e. The molecule has 2 heteroatoms. The second-order valence-electron chi connectivity index (χ2n) is 8.05. The van der Waals surface area contributed by atoms with Gasteiger partial charge in [0.1, 0.15) is 6.10 Å². The lowest BCUT2D eigenvalue weighted by Gasteiger charge is -2.37. The Labute approximate surface area is 143 Å². The fourth-order valence-electron chi connectivity index (χ4n) is 4.80. The second-order valence-corrected chi connectivity index (χ2v) is 8.05. The van der Waals surface area contributed by atoms with Crippen molar-refractivity contribution in [2.75, 3.05) is 0 Å². The number of unbranched alkanes of at least 4 members (excludes halogenated alkanes) is 2. The summed E-state index contributed by atoms with van der Waals surface area (Å²) in [7, 11) is 0. The zero-order valence-electron chi connectivity index (χ0n) is 15.5. The van der Waals surface area contributed by atoms with Gasteiger partial charge >= 0.3 is 5.97 Å². The van der Waals surface area contributed by atoms with Crippen LogP contribution in [0.1, 0.15) is 104 Å². The van der Waals surface area contributed by atoms with E-state index in [-0.39, 0.29) is 12.1 Å². The molecule has 0 aromatic carbocycles. The summed E-state index contributed by atoms with van der Waals surface area (Å²) < 4.78 is 5.68. The summed E-state index contributed by atoms with van der Waals surface area (Å²) in [5.74, 6) is 2.93. The highest BCUT2D eigenvalue weighted by Crippen LogP contribution is 2.41. The number of hydrogen-bond acceptors (Lipinski definition) is 2. The summed E-state index contributed by atoms with van der Waals surface area (Å²) >= 11 is 0. The first kappa shape index (κ1) is 18.8. The molecule has 0 unspecified atom stereocenters. The number of ether oxygens (including phenoxy) is 1. The van der Waals surface area contributed by atoms with Gasteiger partial charge in [0.25, 0.3) is 0 Å². The normalized spacial score (nSPS) is 31.7. The standard InChI is InChI=1S/C21H38O2/c1-3-5-6-8-21(22)23-20-15-13-19(14-16-20)18-11-9-17(7-4-2)10-12-18/h17-20H,3-16H2,1-2H3/t17-,18-,19-,20-. The Hall–Kier alpha value is -0.530. The Morgan fingerprint density at radius 2 is 1.43 bits per heavy atom. The number of hydrogen-bond donors (Lipinski definition) is 0. The van der Waals surface area contributed by atoms with E-state index in [0.29, 0.717) is 6.42 Å². The molecule has 0 aromatic heterocycles. The minimum absolute atomic E-state index is 0.0435. The van der Waals surface area contributed by atoms with E-state index in [0.717, 1.165) is 43.4 Å². The molecule has 0 atom stereocenters. The average molecular weight is 323 g/mol. The molecular weight excluding hydrogens is 284 g/mol. The monoisotopic (exact) mass is 322 g/mol. The van der Waals surface area contributed by atoms with Gasteiger partial charge in [-0.1, -0.05) is 52.4 Å². The van der Waals surface area contributed by atoms with Crippen molar-refractivity contribution in [2.24, 2.45) is 17.8 Å². The number of esters is 1. The molecule has 2 nitrogen and oxygen atoms in total. The van der Waals surface area contributed by atoms with Gasteiger partial charge in [0.05, 0.1) is 0 Å². The van der Waals surface area contributed by atoms with Crippen molar-refractivity contribution in [3.63, 3.8) is 0 Å². The molecule has 23 heavy (non-hydrogen) atoms. The van der Waals surface area contributed by atoms with E-state index in [1.807, 2.05) is 0 Å². The van der Waals surface area contributed by atoms with Crippen LogP contribution in [0.2, 0.25) is 0 Å². The van der Waals surface area contributed by atoms with Crippen molar-refractivity contribution in [2.45, 2.75) is 110 Å². The van der Waals surface area contributed by atoms with Gasteiger partial charge in [-0.05, 0) is 62.7 Å². The summed E-state index contributed by atoms with van der Waals surface area (Å²) in [6.45, 7) is 4.49. The molecule has 2 fully saturated rings. The predicted octanol–water partition coefficient (Wildman–Crippen LogP) is 6.28. The molecule has 0 aliphatic heterocycles. The molecule has 2 rings (SSSR count). The maximum absolute atomic E-state index is 11.8. The third-order valence-corrected chi connectivity index (χ3v) is 6.26. The molecule has 0 saturated heterocycles. The lowest BCUT2D eigenvalue weighted by atomic mass is 9.70. The van der Waals surface area contributed by atoms with Crippen LogP contribution in [0.4, 0.5) is 0 Å². The zero-order valence-corrected chi connectivity index (χ0v) is 15.5. The van der Waals surface area contributed by atoms with E-state index >= 15 is 0 Å².